The molecule has 5 rings (SSSR count). The van der Waals surface area contributed by atoms with E-state index in [1.807, 2.05) is 18.2 Å². The van der Waals surface area contributed by atoms with Crippen LogP contribution in [0.1, 0.15) is 24.0 Å². The van der Waals surface area contributed by atoms with Gasteiger partial charge in [-0.1, -0.05) is 12.1 Å². The fourth-order valence-corrected chi connectivity index (χ4v) is 4.89. The zero-order chi connectivity index (χ0) is 21.4. The minimum Gasteiger partial charge on any atom is -0.478 e. The number of aryl methyl sites for hydroxylation is 2. The molecule has 2 aliphatic rings. The number of anilines is 1. The first kappa shape index (κ1) is 19.6. The number of carbonyl (C=O) groups is 1. The molecule has 0 saturated heterocycles. The van der Waals surface area contributed by atoms with E-state index >= 15 is 0 Å². The quantitative estimate of drug-likeness (QED) is 0.557. The van der Waals surface area contributed by atoms with E-state index < -0.39 is 16.1 Å². The number of sulfonamides is 1. The molecule has 4 bridgehead atoms. The van der Waals surface area contributed by atoms with Gasteiger partial charge in [0.1, 0.15) is 0 Å². The SMILES string of the molecule is O=C1Nc2c(ccc3c2CCC3)-c2ccnc(c2)OCCCn2ccc(n2)S(=O)(=O)N1. The summed E-state index contributed by atoms with van der Waals surface area (Å²) in [7, 11) is -4.10. The molecule has 0 spiro atoms. The van der Waals surface area contributed by atoms with E-state index in [9.17, 15) is 13.2 Å². The Kier molecular flexibility index (Phi) is 4.85. The first-order valence-corrected chi connectivity index (χ1v) is 11.6. The Balaban J connectivity index is 1.60. The molecular weight excluding hydrogens is 418 g/mol. The van der Waals surface area contributed by atoms with Crippen molar-refractivity contribution in [1.82, 2.24) is 19.5 Å². The molecule has 2 N–H and O–H groups in total. The van der Waals surface area contributed by atoms with E-state index in [1.54, 1.807) is 12.4 Å². The van der Waals surface area contributed by atoms with Crippen molar-refractivity contribution in [3.05, 3.63) is 53.9 Å². The van der Waals surface area contributed by atoms with Crippen molar-refractivity contribution in [2.24, 2.45) is 0 Å². The molecule has 0 unspecified atom stereocenters. The number of hydrogen-bond acceptors (Lipinski definition) is 6. The molecule has 160 valence electrons. The third-order valence-corrected chi connectivity index (χ3v) is 6.69. The summed E-state index contributed by atoms with van der Waals surface area (Å²) in [4.78, 5) is 17.0. The van der Waals surface area contributed by atoms with Crippen LogP contribution in [0.5, 0.6) is 5.88 Å². The molecule has 2 aromatic heterocycles. The molecule has 9 nitrogen and oxygen atoms in total. The number of fused-ring (bicyclic) bond motifs is 8. The zero-order valence-corrected chi connectivity index (χ0v) is 17.5. The Morgan fingerprint density at radius 2 is 2.00 bits per heavy atom. The van der Waals surface area contributed by atoms with Gasteiger partial charge in [-0.05, 0) is 48.1 Å². The number of ether oxygens (including phenoxy) is 1. The lowest BCUT2D eigenvalue weighted by Gasteiger charge is -2.17. The molecule has 0 radical (unpaired) electrons. The third-order valence-electron chi connectivity index (χ3n) is 5.47. The Labute approximate surface area is 179 Å². The van der Waals surface area contributed by atoms with Gasteiger partial charge in [-0.2, -0.15) is 13.5 Å². The molecule has 1 aliphatic carbocycles. The molecule has 0 fully saturated rings. The molecule has 3 aromatic rings. The molecule has 0 atom stereocenters. The zero-order valence-electron chi connectivity index (χ0n) is 16.7. The van der Waals surface area contributed by atoms with Crippen molar-refractivity contribution < 1.29 is 17.9 Å². The monoisotopic (exact) mass is 439 g/mol. The van der Waals surface area contributed by atoms with Crippen LogP contribution in [0.2, 0.25) is 0 Å². The van der Waals surface area contributed by atoms with Crippen molar-refractivity contribution in [1.29, 1.82) is 0 Å². The van der Waals surface area contributed by atoms with Gasteiger partial charge in [0, 0.05) is 37.0 Å². The summed E-state index contributed by atoms with van der Waals surface area (Å²) >= 11 is 0. The highest BCUT2D eigenvalue weighted by Gasteiger charge is 2.24. The molecule has 1 aromatic carbocycles. The van der Waals surface area contributed by atoms with E-state index in [1.165, 1.54) is 10.7 Å². The average molecular weight is 439 g/mol. The second-order valence-electron chi connectivity index (χ2n) is 7.54. The van der Waals surface area contributed by atoms with E-state index in [-0.39, 0.29) is 5.03 Å². The number of nitrogens with zero attached hydrogens (tertiary/aromatic N) is 3. The topological polar surface area (TPSA) is 115 Å². The van der Waals surface area contributed by atoms with Gasteiger partial charge in [0.15, 0.2) is 5.03 Å². The molecule has 2 amide bonds. The summed E-state index contributed by atoms with van der Waals surface area (Å²) in [5.41, 5.74) is 4.41. The van der Waals surface area contributed by atoms with Gasteiger partial charge in [-0.3, -0.25) is 4.68 Å². The van der Waals surface area contributed by atoms with Crippen LogP contribution in [0.15, 0.2) is 47.8 Å². The first-order chi connectivity index (χ1) is 15.0. The highest BCUT2D eigenvalue weighted by atomic mass is 32.2. The van der Waals surface area contributed by atoms with Crippen LogP contribution in [-0.4, -0.2) is 35.8 Å². The van der Waals surface area contributed by atoms with E-state index in [4.69, 9.17) is 4.74 Å². The van der Waals surface area contributed by atoms with Crippen LogP contribution in [0.25, 0.3) is 11.1 Å². The van der Waals surface area contributed by atoms with Gasteiger partial charge >= 0.3 is 6.03 Å². The second-order valence-corrected chi connectivity index (χ2v) is 9.17. The Morgan fingerprint density at radius 3 is 2.90 bits per heavy atom. The summed E-state index contributed by atoms with van der Waals surface area (Å²) in [5, 5.41) is 6.64. The number of carbonyl (C=O) groups excluding carboxylic acids is 1. The summed E-state index contributed by atoms with van der Waals surface area (Å²) in [6, 6.07) is 8.21. The maximum Gasteiger partial charge on any atom is 0.333 e. The highest BCUT2D eigenvalue weighted by Crippen LogP contribution is 2.38. The van der Waals surface area contributed by atoms with Gasteiger partial charge in [-0.15, -0.1) is 0 Å². The largest absolute Gasteiger partial charge is 0.478 e. The van der Waals surface area contributed by atoms with Gasteiger partial charge in [0.25, 0.3) is 10.0 Å². The molecule has 1 aliphatic heterocycles. The Bertz CT molecular complexity index is 1270. The minimum atomic E-state index is -4.10. The van der Waals surface area contributed by atoms with Gasteiger partial charge < -0.3 is 10.1 Å². The lowest BCUT2D eigenvalue weighted by atomic mass is 9.98. The molecule has 0 saturated carbocycles. The number of amides is 2. The van der Waals surface area contributed by atoms with Crippen LogP contribution in [0, 0.1) is 0 Å². The molecule has 3 heterocycles. The molecular formula is C21H21N5O4S. The number of hydrogen-bond donors (Lipinski definition) is 2. The average Bonchev–Trinajstić information content (AvgIpc) is 3.41. The number of urea groups is 1. The van der Waals surface area contributed by atoms with E-state index in [0.717, 1.165) is 41.5 Å². The number of pyridine rings is 1. The second kappa shape index (κ2) is 7.69. The van der Waals surface area contributed by atoms with Crippen molar-refractivity contribution in [3.8, 4) is 17.0 Å². The normalized spacial score (nSPS) is 17.6. The van der Waals surface area contributed by atoms with Crippen LogP contribution in [-0.2, 0) is 29.4 Å². The lowest BCUT2D eigenvalue weighted by Crippen LogP contribution is -2.35. The van der Waals surface area contributed by atoms with Crippen molar-refractivity contribution >= 4 is 21.7 Å². The predicted octanol–water partition coefficient (Wildman–Crippen LogP) is 2.73. The summed E-state index contributed by atoms with van der Waals surface area (Å²) in [5.74, 6) is 0.490. The molecule has 10 heteroatoms. The van der Waals surface area contributed by atoms with Crippen molar-refractivity contribution in [3.63, 3.8) is 0 Å². The standard InChI is InChI=1S/C21H21N5O4S/c27-21-23-20-16-4-1-3-14(16)5-6-17(20)15-7-9-22-18(13-15)30-12-2-10-26-11-8-19(24-26)31(28,29)25-21/h5-9,11,13H,1-4,10,12H2,(H2,23,25,27). The lowest BCUT2D eigenvalue weighted by molar-refractivity contribution is 0.256. The van der Waals surface area contributed by atoms with Crippen LogP contribution in [0.3, 0.4) is 0 Å². The number of aromatic nitrogens is 3. The number of nitrogens with one attached hydrogen (secondary N) is 2. The van der Waals surface area contributed by atoms with Crippen molar-refractivity contribution in [2.45, 2.75) is 37.3 Å². The molecule has 31 heavy (non-hydrogen) atoms. The van der Waals surface area contributed by atoms with Gasteiger partial charge in [-0.25, -0.2) is 14.5 Å². The number of benzene rings is 1. The summed E-state index contributed by atoms with van der Waals surface area (Å²) in [6.45, 7) is 0.876. The minimum absolute atomic E-state index is 0.207. The fourth-order valence-electron chi connectivity index (χ4n) is 4.03. The maximum absolute atomic E-state index is 12.7. The van der Waals surface area contributed by atoms with Crippen LogP contribution >= 0.6 is 0 Å². The van der Waals surface area contributed by atoms with Crippen LogP contribution < -0.4 is 14.8 Å². The third kappa shape index (κ3) is 3.86. The Morgan fingerprint density at radius 1 is 1.10 bits per heavy atom. The van der Waals surface area contributed by atoms with Gasteiger partial charge in [0.05, 0.1) is 12.3 Å². The highest BCUT2D eigenvalue weighted by molar-refractivity contribution is 7.90. The first-order valence-electron chi connectivity index (χ1n) is 10.1. The van der Waals surface area contributed by atoms with Crippen LogP contribution in [0.4, 0.5) is 10.5 Å². The summed E-state index contributed by atoms with van der Waals surface area (Å²) in [6.07, 6.45) is 6.55. The van der Waals surface area contributed by atoms with E-state index in [0.29, 0.717) is 31.1 Å². The van der Waals surface area contributed by atoms with Crippen molar-refractivity contribution in [2.75, 3.05) is 11.9 Å². The Hall–Kier alpha value is -3.40. The van der Waals surface area contributed by atoms with E-state index in [2.05, 4.69) is 26.2 Å². The number of rotatable bonds is 0. The maximum atomic E-state index is 12.7. The fraction of sp³-hybridized carbons (Fsp3) is 0.286. The summed E-state index contributed by atoms with van der Waals surface area (Å²) < 4.78 is 34.7. The predicted molar refractivity (Wildman–Crippen MR) is 113 cm³/mol. The van der Waals surface area contributed by atoms with Gasteiger partial charge in [0.2, 0.25) is 5.88 Å². The smallest absolute Gasteiger partial charge is 0.333 e.